The molecule has 9 heteroatoms. The molecule has 166 valence electrons. The van der Waals surface area contributed by atoms with Crippen molar-refractivity contribution in [3.05, 3.63) is 54.1 Å². The number of nitrogens with one attached hydrogen (secondary N) is 1. The molecule has 1 heterocycles. The number of hydrogen-bond donors (Lipinski definition) is 2. The van der Waals surface area contributed by atoms with Crippen LogP contribution in [0, 0.1) is 0 Å². The lowest BCUT2D eigenvalue weighted by atomic mass is 9.98. The maximum absolute atomic E-state index is 11.6. The molecule has 8 nitrogen and oxygen atoms in total. The fraction of sp³-hybridized carbons (Fsp3) is 0.409. The van der Waals surface area contributed by atoms with Crippen LogP contribution in [-0.2, 0) is 20.4 Å². The molecule has 4 rings (SSSR count). The van der Waals surface area contributed by atoms with Crippen molar-refractivity contribution >= 4 is 21.7 Å². The first-order valence-corrected chi connectivity index (χ1v) is 11.9. The van der Waals surface area contributed by atoms with Crippen LogP contribution < -0.4 is 20.3 Å². The summed E-state index contributed by atoms with van der Waals surface area (Å²) in [6.45, 7) is 1.98. The molecular formula is C22H28N4O4S. The molecule has 3 N–H and O–H groups in total. The van der Waals surface area contributed by atoms with E-state index in [1.54, 1.807) is 19.2 Å². The lowest BCUT2D eigenvalue weighted by Crippen LogP contribution is -2.47. The van der Waals surface area contributed by atoms with Gasteiger partial charge < -0.3 is 9.47 Å². The number of anilines is 1. The minimum Gasteiger partial charge on any atom is -0.497 e. The van der Waals surface area contributed by atoms with Gasteiger partial charge in [-0.25, -0.2) is 19.0 Å². The molecule has 0 saturated heterocycles. The number of sulfonamides is 1. The van der Waals surface area contributed by atoms with Gasteiger partial charge in [-0.05, 0) is 69.0 Å². The van der Waals surface area contributed by atoms with E-state index in [-0.39, 0.29) is 11.0 Å². The molecule has 2 aromatic rings. The second-order valence-electron chi connectivity index (χ2n) is 8.03. The van der Waals surface area contributed by atoms with Gasteiger partial charge in [-0.15, -0.1) is 0 Å². The zero-order valence-corrected chi connectivity index (χ0v) is 18.6. The zero-order chi connectivity index (χ0) is 22.1. The van der Waals surface area contributed by atoms with E-state index < -0.39 is 15.7 Å². The number of hydrazine groups is 1. The molecule has 0 aromatic heterocycles. The van der Waals surface area contributed by atoms with Crippen molar-refractivity contribution in [1.82, 2.24) is 5.43 Å². The topological polar surface area (TPSA) is 106 Å². The zero-order valence-electron chi connectivity index (χ0n) is 17.7. The summed E-state index contributed by atoms with van der Waals surface area (Å²) in [5, 5.41) is 7.12. The SMILES string of the molecule is COc1ccc(C2(C)N=C(OC3CCCCC3)NN2c2ccc(S(N)(=O)=O)cc2)cc1. The van der Waals surface area contributed by atoms with Gasteiger partial charge in [0, 0.05) is 5.56 Å². The molecule has 31 heavy (non-hydrogen) atoms. The van der Waals surface area contributed by atoms with Crippen molar-refractivity contribution in [3.63, 3.8) is 0 Å². The molecule has 0 amide bonds. The Balaban J connectivity index is 1.67. The number of aliphatic imine (C=N–C) groups is 1. The standard InChI is InChI=1S/C22H28N4O4S/c1-22(16-8-12-18(29-2)13-9-16)24-21(30-19-6-4-3-5-7-19)25-26(22)17-10-14-20(15-11-17)31(23,27)28/h8-15,19H,3-7H2,1-2H3,(H,24,25)(H2,23,27,28). The first-order valence-electron chi connectivity index (χ1n) is 10.4. The van der Waals surface area contributed by atoms with Crippen LogP contribution in [0.3, 0.4) is 0 Å². The average molecular weight is 445 g/mol. The van der Waals surface area contributed by atoms with Crippen LogP contribution in [-0.4, -0.2) is 27.7 Å². The van der Waals surface area contributed by atoms with Gasteiger partial charge >= 0.3 is 6.02 Å². The monoisotopic (exact) mass is 444 g/mol. The van der Waals surface area contributed by atoms with Crippen LogP contribution >= 0.6 is 0 Å². The number of methoxy groups -OCH3 is 1. The van der Waals surface area contributed by atoms with Gasteiger partial charge in [0.05, 0.1) is 17.7 Å². The highest BCUT2D eigenvalue weighted by atomic mass is 32.2. The fourth-order valence-electron chi connectivity index (χ4n) is 4.07. The Morgan fingerprint density at radius 3 is 2.29 bits per heavy atom. The summed E-state index contributed by atoms with van der Waals surface area (Å²) < 4.78 is 34.8. The number of nitrogens with zero attached hydrogens (tertiary/aromatic N) is 2. The Morgan fingerprint density at radius 2 is 1.71 bits per heavy atom. The molecule has 2 aliphatic rings. The summed E-state index contributed by atoms with van der Waals surface area (Å²) in [5.41, 5.74) is 4.14. The van der Waals surface area contributed by atoms with Gasteiger partial charge in [-0.3, -0.25) is 5.01 Å². The van der Waals surface area contributed by atoms with Crippen molar-refractivity contribution in [2.45, 2.75) is 55.7 Å². The highest BCUT2D eigenvalue weighted by Gasteiger charge is 2.41. The van der Waals surface area contributed by atoms with Gasteiger partial charge in [0.25, 0.3) is 0 Å². The smallest absolute Gasteiger partial charge is 0.307 e. The molecule has 0 spiro atoms. The van der Waals surface area contributed by atoms with E-state index in [0.717, 1.165) is 42.7 Å². The summed E-state index contributed by atoms with van der Waals surface area (Å²) in [7, 11) is -2.14. The summed E-state index contributed by atoms with van der Waals surface area (Å²) in [4.78, 5) is 4.95. The number of ether oxygens (including phenoxy) is 2. The van der Waals surface area contributed by atoms with E-state index in [1.807, 2.05) is 36.2 Å². The number of nitrogens with two attached hydrogens (primary N) is 1. The van der Waals surface area contributed by atoms with Gasteiger partial charge in [0.2, 0.25) is 10.0 Å². The summed E-state index contributed by atoms with van der Waals surface area (Å²) in [6.07, 6.45) is 5.74. The molecule has 0 radical (unpaired) electrons. The Kier molecular flexibility index (Phi) is 5.81. The molecule has 0 bridgehead atoms. The average Bonchev–Trinajstić information content (AvgIpc) is 3.11. The molecule has 1 atom stereocenters. The predicted molar refractivity (Wildman–Crippen MR) is 119 cm³/mol. The summed E-state index contributed by atoms with van der Waals surface area (Å²) in [6, 6.07) is 14.5. The molecule has 1 aliphatic heterocycles. The molecular weight excluding hydrogens is 416 g/mol. The summed E-state index contributed by atoms with van der Waals surface area (Å²) in [5.74, 6) is 0.755. The van der Waals surface area contributed by atoms with Crippen molar-refractivity contribution in [2.75, 3.05) is 12.1 Å². The van der Waals surface area contributed by atoms with Gasteiger partial charge in [-0.1, -0.05) is 18.6 Å². The van der Waals surface area contributed by atoms with Crippen LogP contribution in [0.1, 0.15) is 44.6 Å². The number of hydrogen-bond acceptors (Lipinski definition) is 7. The second-order valence-corrected chi connectivity index (χ2v) is 9.59. The Labute approximate surface area is 183 Å². The Hall–Kier alpha value is -2.78. The lowest BCUT2D eigenvalue weighted by molar-refractivity contribution is 0.137. The third-order valence-electron chi connectivity index (χ3n) is 5.85. The minimum absolute atomic E-state index is 0.0567. The van der Waals surface area contributed by atoms with Crippen molar-refractivity contribution in [1.29, 1.82) is 0 Å². The third kappa shape index (κ3) is 4.47. The first kappa shape index (κ1) is 21.5. The predicted octanol–water partition coefficient (Wildman–Crippen LogP) is 3.25. The number of benzene rings is 2. The van der Waals surface area contributed by atoms with Crippen LogP contribution in [0.4, 0.5) is 5.69 Å². The van der Waals surface area contributed by atoms with Crippen LogP contribution in [0.2, 0.25) is 0 Å². The van der Waals surface area contributed by atoms with Crippen molar-refractivity contribution < 1.29 is 17.9 Å². The van der Waals surface area contributed by atoms with E-state index >= 15 is 0 Å². The molecule has 1 saturated carbocycles. The van der Waals surface area contributed by atoms with Crippen LogP contribution in [0.25, 0.3) is 0 Å². The van der Waals surface area contributed by atoms with E-state index in [4.69, 9.17) is 19.6 Å². The van der Waals surface area contributed by atoms with E-state index in [2.05, 4.69) is 5.43 Å². The van der Waals surface area contributed by atoms with E-state index in [9.17, 15) is 8.42 Å². The minimum atomic E-state index is -3.77. The second kappa shape index (κ2) is 8.39. The maximum atomic E-state index is 11.6. The van der Waals surface area contributed by atoms with Crippen molar-refractivity contribution in [3.8, 4) is 5.75 Å². The number of primary sulfonamides is 1. The highest BCUT2D eigenvalue weighted by Crippen LogP contribution is 2.37. The van der Waals surface area contributed by atoms with Gasteiger partial charge in [0.1, 0.15) is 11.9 Å². The Bertz CT molecular complexity index is 1050. The van der Waals surface area contributed by atoms with Gasteiger partial charge in [0.15, 0.2) is 5.66 Å². The van der Waals surface area contributed by atoms with Crippen LogP contribution in [0.15, 0.2) is 58.4 Å². The highest BCUT2D eigenvalue weighted by molar-refractivity contribution is 7.89. The largest absolute Gasteiger partial charge is 0.497 e. The van der Waals surface area contributed by atoms with Crippen LogP contribution in [0.5, 0.6) is 5.75 Å². The Morgan fingerprint density at radius 1 is 1.06 bits per heavy atom. The normalized spacial score (nSPS) is 22.0. The molecule has 1 aliphatic carbocycles. The fourth-order valence-corrected chi connectivity index (χ4v) is 4.59. The molecule has 1 unspecified atom stereocenters. The summed E-state index contributed by atoms with van der Waals surface area (Å²) >= 11 is 0. The number of rotatable bonds is 5. The maximum Gasteiger partial charge on any atom is 0.307 e. The van der Waals surface area contributed by atoms with E-state index in [0.29, 0.717) is 6.02 Å². The quantitative estimate of drug-likeness (QED) is 0.733. The van der Waals surface area contributed by atoms with E-state index in [1.165, 1.54) is 18.6 Å². The lowest BCUT2D eigenvalue weighted by Gasteiger charge is -2.34. The molecule has 2 aromatic carbocycles. The van der Waals surface area contributed by atoms with Crippen molar-refractivity contribution in [2.24, 2.45) is 10.1 Å². The van der Waals surface area contributed by atoms with Gasteiger partial charge in [-0.2, -0.15) is 4.99 Å². The first-order chi connectivity index (χ1) is 14.8. The molecule has 1 fully saturated rings. The third-order valence-corrected chi connectivity index (χ3v) is 6.78. The number of amidine groups is 1.